The molecule has 0 bridgehead atoms. The molecule has 0 aromatic heterocycles. The third-order valence-electron chi connectivity index (χ3n) is 5.94. The molecular formula is C29H34N2O3. The van der Waals surface area contributed by atoms with E-state index in [0.717, 1.165) is 22.3 Å². The number of hydrogen-bond acceptors (Lipinski definition) is 3. The normalized spacial score (nSPS) is 11.5. The maximum Gasteiger partial charge on any atom is 0.261 e. The zero-order valence-electron chi connectivity index (χ0n) is 20.5. The average molecular weight is 459 g/mol. The zero-order chi connectivity index (χ0) is 24.5. The molecule has 2 amide bonds. The summed E-state index contributed by atoms with van der Waals surface area (Å²) in [6.07, 6.45) is 0.425. The van der Waals surface area contributed by atoms with E-state index in [1.54, 1.807) is 4.90 Å². The number of benzene rings is 3. The van der Waals surface area contributed by atoms with Gasteiger partial charge >= 0.3 is 0 Å². The Labute approximate surface area is 202 Å². The molecule has 1 N–H and O–H groups in total. The van der Waals surface area contributed by atoms with Crippen LogP contribution >= 0.6 is 0 Å². The fourth-order valence-corrected chi connectivity index (χ4v) is 3.77. The average Bonchev–Trinajstić information content (AvgIpc) is 2.84. The van der Waals surface area contributed by atoms with Gasteiger partial charge in [0.1, 0.15) is 11.8 Å². The van der Waals surface area contributed by atoms with E-state index in [9.17, 15) is 9.59 Å². The van der Waals surface area contributed by atoms with E-state index in [1.165, 1.54) is 5.56 Å². The molecule has 0 saturated heterocycles. The summed E-state index contributed by atoms with van der Waals surface area (Å²) in [7, 11) is 0. The van der Waals surface area contributed by atoms with Crippen molar-refractivity contribution in [3.8, 4) is 5.75 Å². The minimum absolute atomic E-state index is 0.140. The van der Waals surface area contributed by atoms with E-state index in [0.29, 0.717) is 25.3 Å². The maximum absolute atomic E-state index is 13.5. The van der Waals surface area contributed by atoms with Gasteiger partial charge in [0.15, 0.2) is 6.61 Å². The summed E-state index contributed by atoms with van der Waals surface area (Å²) < 4.78 is 5.86. The van der Waals surface area contributed by atoms with Crippen molar-refractivity contribution < 1.29 is 14.3 Å². The molecule has 0 radical (unpaired) electrons. The second-order valence-corrected chi connectivity index (χ2v) is 8.64. The van der Waals surface area contributed by atoms with Crippen molar-refractivity contribution in [2.75, 3.05) is 13.2 Å². The number of rotatable bonds is 10. The van der Waals surface area contributed by atoms with Gasteiger partial charge in [-0.05, 0) is 62.1 Å². The van der Waals surface area contributed by atoms with Crippen molar-refractivity contribution in [2.24, 2.45) is 0 Å². The number of aryl methyl sites for hydroxylation is 3. The van der Waals surface area contributed by atoms with Crippen molar-refractivity contribution >= 4 is 11.8 Å². The quantitative estimate of drug-likeness (QED) is 0.476. The summed E-state index contributed by atoms with van der Waals surface area (Å²) in [5.74, 6) is 0.244. The Morgan fingerprint density at radius 1 is 0.882 bits per heavy atom. The van der Waals surface area contributed by atoms with Crippen LogP contribution < -0.4 is 10.1 Å². The van der Waals surface area contributed by atoms with Crippen LogP contribution in [0.2, 0.25) is 0 Å². The fraction of sp³-hybridized carbons (Fsp3) is 0.310. The summed E-state index contributed by atoms with van der Waals surface area (Å²) >= 11 is 0. The number of ether oxygens (including phenoxy) is 1. The molecule has 3 aromatic rings. The largest absolute Gasteiger partial charge is 0.484 e. The molecule has 5 heteroatoms. The van der Waals surface area contributed by atoms with Gasteiger partial charge < -0.3 is 15.0 Å². The highest BCUT2D eigenvalue weighted by atomic mass is 16.5. The van der Waals surface area contributed by atoms with Gasteiger partial charge in [0.05, 0.1) is 0 Å². The first kappa shape index (κ1) is 25.0. The summed E-state index contributed by atoms with van der Waals surface area (Å²) in [6.45, 7) is 8.63. The molecule has 5 nitrogen and oxygen atoms in total. The minimum Gasteiger partial charge on any atom is -0.484 e. The standard InChI is InChI=1S/C29H34N2O3/c1-5-30-29(33)27(18-24-9-7-6-8-10-24)31(19-25-14-11-21(2)12-15-25)28(32)20-34-26-16-13-22(3)23(4)17-26/h6-17,27H,5,18-20H2,1-4H3,(H,30,33)/t27-/m1/s1. The molecule has 0 aliphatic rings. The van der Waals surface area contributed by atoms with Crippen molar-refractivity contribution in [3.63, 3.8) is 0 Å². The molecule has 0 spiro atoms. The van der Waals surface area contributed by atoms with Gasteiger partial charge in [-0.2, -0.15) is 0 Å². The minimum atomic E-state index is -0.653. The number of amides is 2. The first-order valence-electron chi connectivity index (χ1n) is 11.7. The highest BCUT2D eigenvalue weighted by Gasteiger charge is 2.30. The Morgan fingerprint density at radius 2 is 1.59 bits per heavy atom. The van der Waals surface area contributed by atoms with Gasteiger partial charge in [0, 0.05) is 19.5 Å². The fourth-order valence-electron chi connectivity index (χ4n) is 3.77. The van der Waals surface area contributed by atoms with Crippen LogP contribution in [-0.4, -0.2) is 35.9 Å². The van der Waals surface area contributed by atoms with Gasteiger partial charge in [-0.1, -0.05) is 66.2 Å². The van der Waals surface area contributed by atoms with E-state index in [4.69, 9.17) is 4.74 Å². The van der Waals surface area contributed by atoms with E-state index in [1.807, 2.05) is 100 Å². The second kappa shape index (κ2) is 12.0. The predicted molar refractivity (Wildman–Crippen MR) is 136 cm³/mol. The van der Waals surface area contributed by atoms with Crippen molar-refractivity contribution in [1.82, 2.24) is 10.2 Å². The lowest BCUT2D eigenvalue weighted by Crippen LogP contribution is -2.51. The van der Waals surface area contributed by atoms with Crippen LogP contribution in [0.25, 0.3) is 0 Å². The van der Waals surface area contributed by atoms with Gasteiger partial charge in [-0.25, -0.2) is 0 Å². The molecule has 34 heavy (non-hydrogen) atoms. The molecule has 0 unspecified atom stereocenters. The van der Waals surface area contributed by atoms with Gasteiger partial charge in [-0.15, -0.1) is 0 Å². The number of carbonyl (C=O) groups excluding carboxylic acids is 2. The van der Waals surface area contributed by atoms with Crippen LogP contribution in [-0.2, 0) is 22.6 Å². The molecule has 0 saturated carbocycles. The number of carbonyl (C=O) groups is 2. The highest BCUT2D eigenvalue weighted by molar-refractivity contribution is 5.88. The number of likely N-dealkylation sites (N-methyl/N-ethyl adjacent to an activating group) is 1. The smallest absolute Gasteiger partial charge is 0.261 e. The highest BCUT2D eigenvalue weighted by Crippen LogP contribution is 2.19. The van der Waals surface area contributed by atoms with Crippen LogP contribution in [0.1, 0.15) is 34.7 Å². The molecule has 0 aliphatic heterocycles. The van der Waals surface area contributed by atoms with Crippen molar-refractivity contribution in [3.05, 3.63) is 101 Å². The van der Waals surface area contributed by atoms with E-state index in [-0.39, 0.29) is 18.4 Å². The zero-order valence-corrected chi connectivity index (χ0v) is 20.5. The van der Waals surface area contributed by atoms with Crippen LogP contribution in [0.5, 0.6) is 5.75 Å². The van der Waals surface area contributed by atoms with E-state index in [2.05, 4.69) is 5.32 Å². The summed E-state index contributed by atoms with van der Waals surface area (Å²) in [4.78, 5) is 28.3. The Morgan fingerprint density at radius 3 is 2.24 bits per heavy atom. The third kappa shape index (κ3) is 6.95. The Bertz CT molecular complexity index is 1090. The summed E-state index contributed by atoms with van der Waals surface area (Å²) in [6, 6.07) is 22.9. The summed E-state index contributed by atoms with van der Waals surface area (Å²) in [5, 5.41) is 2.91. The SMILES string of the molecule is CCNC(=O)[C@@H](Cc1ccccc1)N(Cc1ccc(C)cc1)C(=O)COc1ccc(C)c(C)c1. The van der Waals surface area contributed by atoms with Crippen LogP contribution in [0, 0.1) is 20.8 Å². The molecule has 0 heterocycles. The van der Waals surface area contributed by atoms with Crippen LogP contribution in [0.3, 0.4) is 0 Å². The third-order valence-corrected chi connectivity index (χ3v) is 5.94. The molecule has 3 aromatic carbocycles. The van der Waals surface area contributed by atoms with Gasteiger partial charge in [0.2, 0.25) is 5.91 Å². The lowest BCUT2D eigenvalue weighted by molar-refractivity contribution is -0.142. The predicted octanol–water partition coefficient (Wildman–Crippen LogP) is 4.77. The first-order valence-corrected chi connectivity index (χ1v) is 11.7. The van der Waals surface area contributed by atoms with Gasteiger partial charge in [0.25, 0.3) is 5.91 Å². The monoisotopic (exact) mass is 458 g/mol. The van der Waals surface area contributed by atoms with E-state index >= 15 is 0 Å². The Balaban J connectivity index is 1.88. The number of hydrogen-bond donors (Lipinski definition) is 1. The lowest BCUT2D eigenvalue weighted by Gasteiger charge is -2.31. The summed E-state index contributed by atoms with van der Waals surface area (Å²) in [5.41, 5.74) is 5.37. The molecular weight excluding hydrogens is 424 g/mol. The first-order chi connectivity index (χ1) is 16.4. The number of nitrogens with zero attached hydrogens (tertiary/aromatic N) is 1. The van der Waals surface area contributed by atoms with Crippen molar-refractivity contribution in [2.45, 2.75) is 46.7 Å². The van der Waals surface area contributed by atoms with Gasteiger partial charge in [-0.3, -0.25) is 9.59 Å². The Hall–Kier alpha value is -3.60. The van der Waals surface area contributed by atoms with Crippen LogP contribution in [0.15, 0.2) is 72.8 Å². The maximum atomic E-state index is 13.5. The van der Waals surface area contributed by atoms with E-state index < -0.39 is 6.04 Å². The molecule has 0 fully saturated rings. The molecule has 3 rings (SSSR count). The molecule has 178 valence electrons. The van der Waals surface area contributed by atoms with Crippen molar-refractivity contribution in [1.29, 1.82) is 0 Å². The topological polar surface area (TPSA) is 58.6 Å². The Kier molecular flexibility index (Phi) is 8.86. The number of nitrogens with one attached hydrogen (secondary N) is 1. The second-order valence-electron chi connectivity index (χ2n) is 8.64. The molecule has 0 aliphatic carbocycles. The van der Waals surface area contributed by atoms with Crippen LogP contribution in [0.4, 0.5) is 0 Å². The molecule has 1 atom stereocenters. The lowest BCUT2D eigenvalue weighted by atomic mass is 10.0.